The summed E-state index contributed by atoms with van der Waals surface area (Å²) in [5.41, 5.74) is -0.734. The molecule has 0 amide bonds. The molecule has 1 fully saturated rings. The number of carbonyl (C=O) groups is 3. The lowest BCUT2D eigenvalue weighted by Gasteiger charge is -2.37. The molecule has 1 aliphatic heterocycles. The normalized spacial score (nSPS) is 27.0. The average molecular weight is 460 g/mol. The number of ketones is 2. The third-order valence-corrected chi connectivity index (χ3v) is 5.00. The maximum atomic E-state index is 12.4. The summed E-state index contributed by atoms with van der Waals surface area (Å²) in [5.74, 6) is -5.08. The number of Topliss-reactive ketones (excluding diaryl/α,β-unsaturated/α-hetero) is 2. The number of hydrogen-bond acceptors (Lipinski definition) is 11. The zero-order valence-corrected chi connectivity index (χ0v) is 16.5. The Morgan fingerprint density at radius 3 is 2.30 bits per heavy atom. The second-order valence-corrected chi connectivity index (χ2v) is 7.16. The molecule has 1 aromatic heterocycles. The number of carboxylic acid groups (broad SMARTS) is 1. The second-order valence-electron chi connectivity index (χ2n) is 7.16. The van der Waals surface area contributed by atoms with Crippen molar-refractivity contribution in [1.29, 1.82) is 0 Å². The van der Waals surface area contributed by atoms with E-state index < -0.39 is 65.0 Å². The van der Waals surface area contributed by atoms with Crippen molar-refractivity contribution < 1.29 is 53.7 Å². The van der Waals surface area contributed by atoms with E-state index in [2.05, 4.69) is 0 Å². The number of carbonyl (C=O) groups excluding carboxylic acids is 2. The monoisotopic (exact) mass is 460 g/mol. The van der Waals surface area contributed by atoms with Gasteiger partial charge in [0, 0.05) is 17.7 Å². The van der Waals surface area contributed by atoms with Crippen molar-refractivity contribution in [1.82, 2.24) is 0 Å². The lowest BCUT2D eigenvalue weighted by Crippen LogP contribution is -2.60. The number of benzene rings is 1. The lowest BCUT2D eigenvalue weighted by molar-refractivity contribution is -0.404. The van der Waals surface area contributed by atoms with E-state index in [0.29, 0.717) is 5.56 Å². The molecule has 2 heterocycles. The van der Waals surface area contributed by atoms with E-state index in [1.165, 1.54) is 0 Å². The van der Waals surface area contributed by atoms with E-state index in [1.54, 1.807) is 30.3 Å². The van der Waals surface area contributed by atoms with Crippen molar-refractivity contribution in [3.05, 3.63) is 63.7 Å². The molecule has 2 aromatic rings. The second kappa shape index (κ2) is 8.69. The Hall–Kier alpha value is -3.68. The highest BCUT2D eigenvalue weighted by atomic mass is 17.2. The van der Waals surface area contributed by atoms with E-state index in [-0.39, 0.29) is 11.5 Å². The van der Waals surface area contributed by atoms with Crippen LogP contribution in [0.25, 0.3) is 17.4 Å². The maximum absolute atomic E-state index is 12.4. The minimum atomic E-state index is -1.97. The van der Waals surface area contributed by atoms with Crippen molar-refractivity contribution in [3.63, 3.8) is 0 Å². The van der Waals surface area contributed by atoms with Crippen LogP contribution in [0.1, 0.15) is 16.1 Å². The number of ether oxygens (including phenoxy) is 1. The Morgan fingerprint density at radius 2 is 1.64 bits per heavy atom. The first kappa shape index (κ1) is 22.5. The van der Waals surface area contributed by atoms with Crippen LogP contribution in [0, 0.1) is 0 Å². The molecule has 5 atom stereocenters. The van der Waals surface area contributed by atoms with Crippen LogP contribution >= 0.6 is 0 Å². The SMILES string of the molecule is O=C1C(=O)c2c(oc(-c3ccccc3)cc2=O)C=C1OO[C@@H]1O[C@H](C(=O)O)[C@@H](O)[C@H](O)[C@H]1O. The Morgan fingerprint density at radius 1 is 0.939 bits per heavy atom. The third-order valence-electron chi connectivity index (χ3n) is 5.00. The highest BCUT2D eigenvalue weighted by Gasteiger charge is 2.48. The number of allylic oxidation sites excluding steroid dienone is 1. The fourth-order valence-electron chi connectivity index (χ4n) is 3.28. The number of carboxylic acids is 1. The molecular weight excluding hydrogens is 444 g/mol. The molecule has 4 rings (SSSR count). The minimum absolute atomic E-state index is 0.116. The van der Waals surface area contributed by atoms with E-state index in [1.807, 2.05) is 0 Å². The summed E-state index contributed by atoms with van der Waals surface area (Å²) in [6.07, 6.45) is -8.90. The van der Waals surface area contributed by atoms with Crippen molar-refractivity contribution >= 4 is 23.6 Å². The molecule has 0 unspecified atom stereocenters. The summed E-state index contributed by atoms with van der Waals surface area (Å²) in [6, 6.07) is 9.54. The quantitative estimate of drug-likeness (QED) is 0.249. The fourth-order valence-corrected chi connectivity index (χ4v) is 3.28. The van der Waals surface area contributed by atoms with Gasteiger partial charge in [0.05, 0.1) is 0 Å². The lowest BCUT2D eigenvalue weighted by atomic mass is 9.98. The van der Waals surface area contributed by atoms with Crippen molar-refractivity contribution in [2.75, 3.05) is 0 Å². The summed E-state index contributed by atoms with van der Waals surface area (Å²) < 4.78 is 10.4. The van der Waals surface area contributed by atoms with Gasteiger partial charge in [-0.1, -0.05) is 30.3 Å². The predicted octanol–water partition coefficient (Wildman–Crippen LogP) is -0.747. The van der Waals surface area contributed by atoms with Crippen LogP contribution in [0.5, 0.6) is 0 Å². The summed E-state index contributed by atoms with van der Waals surface area (Å²) in [7, 11) is 0. The molecule has 12 heteroatoms. The van der Waals surface area contributed by atoms with Gasteiger partial charge in [-0.05, 0) is 0 Å². The van der Waals surface area contributed by atoms with Gasteiger partial charge in [-0.3, -0.25) is 14.4 Å². The first-order chi connectivity index (χ1) is 15.7. The van der Waals surface area contributed by atoms with Gasteiger partial charge in [-0.15, -0.1) is 0 Å². The van der Waals surface area contributed by atoms with Crippen LogP contribution in [0.4, 0.5) is 0 Å². The number of aliphatic hydroxyl groups is 3. The van der Waals surface area contributed by atoms with E-state index in [4.69, 9.17) is 24.0 Å². The molecule has 1 aromatic carbocycles. The summed E-state index contributed by atoms with van der Waals surface area (Å²) in [4.78, 5) is 57.9. The third kappa shape index (κ3) is 4.08. The summed E-state index contributed by atoms with van der Waals surface area (Å²) in [5, 5.41) is 38.5. The van der Waals surface area contributed by atoms with E-state index >= 15 is 0 Å². The number of fused-ring (bicyclic) bond motifs is 1. The fraction of sp³-hybridized carbons (Fsp3) is 0.238. The van der Waals surface area contributed by atoms with Gasteiger partial charge in [0.15, 0.2) is 11.5 Å². The first-order valence-electron chi connectivity index (χ1n) is 9.49. The van der Waals surface area contributed by atoms with Crippen LogP contribution in [-0.2, 0) is 24.1 Å². The Balaban J connectivity index is 1.61. The molecule has 172 valence electrons. The van der Waals surface area contributed by atoms with E-state index in [0.717, 1.165) is 12.1 Å². The average Bonchev–Trinajstić information content (AvgIpc) is 2.80. The predicted molar refractivity (Wildman–Crippen MR) is 104 cm³/mol. The molecular formula is C21H16O12. The molecule has 2 aliphatic rings. The number of hydrogen-bond donors (Lipinski definition) is 4. The highest BCUT2D eigenvalue weighted by Crippen LogP contribution is 2.28. The van der Waals surface area contributed by atoms with Crippen LogP contribution in [-0.4, -0.2) is 68.7 Å². The van der Waals surface area contributed by atoms with Crippen LogP contribution < -0.4 is 5.43 Å². The number of rotatable bonds is 5. The maximum Gasteiger partial charge on any atom is 0.335 e. The topological polar surface area (TPSA) is 190 Å². The van der Waals surface area contributed by atoms with Gasteiger partial charge in [0.25, 0.3) is 5.78 Å². The molecule has 0 bridgehead atoms. The van der Waals surface area contributed by atoms with Gasteiger partial charge >= 0.3 is 5.97 Å². The van der Waals surface area contributed by atoms with Crippen LogP contribution in [0.15, 0.2) is 51.4 Å². The van der Waals surface area contributed by atoms with E-state index in [9.17, 15) is 34.5 Å². The van der Waals surface area contributed by atoms with Gasteiger partial charge in [0.2, 0.25) is 17.8 Å². The summed E-state index contributed by atoms with van der Waals surface area (Å²) >= 11 is 0. The smallest absolute Gasteiger partial charge is 0.335 e. The number of aliphatic hydroxyl groups excluding tert-OH is 3. The van der Waals surface area contributed by atoms with Gasteiger partial charge < -0.3 is 34.5 Å². The molecule has 33 heavy (non-hydrogen) atoms. The Bertz CT molecular complexity index is 1200. The van der Waals surface area contributed by atoms with Gasteiger partial charge in [-0.2, -0.15) is 4.89 Å². The van der Waals surface area contributed by atoms with Gasteiger partial charge in [-0.25, -0.2) is 4.79 Å². The largest absolute Gasteiger partial charge is 0.479 e. The van der Waals surface area contributed by atoms with Crippen molar-refractivity contribution in [3.8, 4) is 11.3 Å². The Labute approximate surface area is 183 Å². The van der Waals surface area contributed by atoms with Crippen LogP contribution in [0.3, 0.4) is 0 Å². The molecule has 0 radical (unpaired) electrons. The van der Waals surface area contributed by atoms with Crippen LogP contribution in [0.2, 0.25) is 0 Å². The zero-order chi connectivity index (χ0) is 23.9. The first-order valence-corrected chi connectivity index (χ1v) is 9.49. The summed E-state index contributed by atoms with van der Waals surface area (Å²) in [6.45, 7) is 0. The minimum Gasteiger partial charge on any atom is -0.479 e. The molecule has 4 N–H and O–H groups in total. The molecule has 1 saturated heterocycles. The standard InChI is InChI=1S/C21H16O12/c22-9-6-10(8-4-2-1-3-5-8)30-11-7-12(14(23)15(24)13(9)11)32-33-21-18(27)16(25)17(26)19(31-21)20(28)29/h1-7,16-19,21,25-27H,(H,28,29)/t16-,17-,18+,19-,21-/m0/s1. The number of aliphatic carboxylic acids is 1. The zero-order valence-electron chi connectivity index (χ0n) is 16.5. The molecule has 1 aliphatic carbocycles. The molecule has 0 spiro atoms. The Kier molecular flexibility index (Phi) is 5.93. The van der Waals surface area contributed by atoms with Gasteiger partial charge in [0.1, 0.15) is 35.4 Å². The molecule has 0 saturated carbocycles. The van der Waals surface area contributed by atoms with Crippen molar-refractivity contribution in [2.24, 2.45) is 0 Å². The molecule has 12 nitrogen and oxygen atoms in total. The highest BCUT2D eigenvalue weighted by molar-refractivity contribution is 6.51. The van der Waals surface area contributed by atoms with Crippen molar-refractivity contribution in [2.45, 2.75) is 30.7 Å².